The van der Waals surface area contributed by atoms with Gasteiger partial charge in [-0.05, 0) is 24.1 Å². The lowest BCUT2D eigenvalue weighted by Gasteiger charge is -2.19. The van der Waals surface area contributed by atoms with Crippen molar-refractivity contribution in [3.05, 3.63) is 60.2 Å². The lowest BCUT2D eigenvalue weighted by Crippen LogP contribution is -2.32. The molecule has 0 fully saturated rings. The van der Waals surface area contributed by atoms with Crippen molar-refractivity contribution >= 4 is 5.69 Å². The third-order valence-corrected chi connectivity index (χ3v) is 2.68. The Morgan fingerprint density at radius 2 is 1.59 bits per heavy atom. The van der Waals surface area contributed by atoms with Crippen molar-refractivity contribution in [2.45, 2.75) is 6.42 Å². The Morgan fingerprint density at radius 1 is 0.941 bits per heavy atom. The van der Waals surface area contributed by atoms with E-state index in [9.17, 15) is 5.11 Å². The molecule has 2 aromatic rings. The predicted octanol–water partition coefficient (Wildman–Crippen LogP) is 2.32. The van der Waals surface area contributed by atoms with Crippen LogP contribution < -0.4 is 10.9 Å². The first-order valence-electron chi connectivity index (χ1n) is 5.61. The first-order valence-corrected chi connectivity index (χ1v) is 5.61. The molecule has 0 saturated carbocycles. The molecule has 0 amide bonds. The fourth-order valence-electron chi connectivity index (χ4n) is 1.72. The van der Waals surface area contributed by atoms with Gasteiger partial charge in [-0.3, -0.25) is 0 Å². The third-order valence-electron chi connectivity index (χ3n) is 2.68. The van der Waals surface area contributed by atoms with Crippen molar-refractivity contribution in [1.82, 2.24) is 0 Å². The Balaban J connectivity index is 1.99. The highest BCUT2D eigenvalue weighted by Crippen LogP contribution is 2.24. The van der Waals surface area contributed by atoms with E-state index >= 15 is 0 Å². The number of phenols is 1. The van der Waals surface area contributed by atoms with E-state index in [-0.39, 0.29) is 5.75 Å². The number of hydrogen-bond acceptors (Lipinski definition) is 3. The van der Waals surface area contributed by atoms with Gasteiger partial charge >= 0.3 is 0 Å². The number of para-hydroxylation sites is 2. The topological polar surface area (TPSA) is 49.5 Å². The lowest BCUT2D eigenvalue weighted by molar-refractivity contribution is 0.474. The molecule has 17 heavy (non-hydrogen) atoms. The summed E-state index contributed by atoms with van der Waals surface area (Å²) in [5.74, 6) is 6.13. The summed E-state index contributed by atoms with van der Waals surface area (Å²) >= 11 is 0. The lowest BCUT2D eigenvalue weighted by atomic mass is 10.1. The Kier molecular flexibility index (Phi) is 3.62. The summed E-state index contributed by atoms with van der Waals surface area (Å²) in [5.41, 5.74) is 1.89. The molecule has 0 spiro atoms. The molecule has 2 rings (SSSR count). The van der Waals surface area contributed by atoms with E-state index in [1.807, 2.05) is 24.3 Å². The monoisotopic (exact) mass is 228 g/mol. The number of aromatic hydroxyl groups is 1. The van der Waals surface area contributed by atoms with Crippen LogP contribution in [0.3, 0.4) is 0 Å². The molecule has 0 atom stereocenters. The minimum atomic E-state index is 0.211. The molecule has 0 bridgehead atoms. The van der Waals surface area contributed by atoms with Crippen LogP contribution in [0, 0.1) is 0 Å². The second kappa shape index (κ2) is 5.37. The first kappa shape index (κ1) is 11.5. The predicted molar refractivity (Wildman–Crippen MR) is 69.8 cm³/mol. The van der Waals surface area contributed by atoms with Gasteiger partial charge in [0.2, 0.25) is 0 Å². The minimum absolute atomic E-state index is 0.211. The van der Waals surface area contributed by atoms with Gasteiger partial charge in [-0.15, -0.1) is 0 Å². The van der Waals surface area contributed by atoms with Gasteiger partial charge in [0, 0.05) is 6.54 Å². The number of hydrazine groups is 1. The smallest absolute Gasteiger partial charge is 0.140 e. The standard InChI is InChI=1S/C14H16N2O/c15-16(13-8-4-5-9-14(13)17)11-10-12-6-2-1-3-7-12/h1-9,17H,10-11,15H2. The zero-order valence-electron chi connectivity index (χ0n) is 9.58. The third kappa shape index (κ3) is 2.98. The van der Waals surface area contributed by atoms with Gasteiger partial charge in [-0.1, -0.05) is 42.5 Å². The van der Waals surface area contributed by atoms with Crippen molar-refractivity contribution in [1.29, 1.82) is 0 Å². The largest absolute Gasteiger partial charge is 0.506 e. The highest BCUT2D eigenvalue weighted by atomic mass is 16.3. The van der Waals surface area contributed by atoms with Gasteiger partial charge in [0.1, 0.15) is 5.75 Å². The van der Waals surface area contributed by atoms with Crippen LogP contribution >= 0.6 is 0 Å². The molecule has 0 radical (unpaired) electrons. The fourth-order valence-corrected chi connectivity index (χ4v) is 1.72. The van der Waals surface area contributed by atoms with Gasteiger partial charge in [-0.25, -0.2) is 5.84 Å². The van der Waals surface area contributed by atoms with Crippen molar-refractivity contribution in [2.75, 3.05) is 11.6 Å². The van der Waals surface area contributed by atoms with E-state index in [0.29, 0.717) is 12.2 Å². The number of nitrogens with two attached hydrogens (primary N) is 1. The average molecular weight is 228 g/mol. The summed E-state index contributed by atoms with van der Waals surface area (Å²) in [6.07, 6.45) is 0.853. The van der Waals surface area contributed by atoms with E-state index in [0.717, 1.165) is 6.42 Å². The highest BCUT2D eigenvalue weighted by Gasteiger charge is 2.05. The summed E-state index contributed by atoms with van der Waals surface area (Å²) in [5, 5.41) is 11.2. The summed E-state index contributed by atoms with van der Waals surface area (Å²) in [7, 11) is 0. The average Bonchev–Trinajstić information content (AvgIpc) is 2.38. The van der Waals surface area contributed by atoms with Crippen LogP contribution in [0.2, 0.25) is 0 Å². The van der Waals surface area contributed by atoms with Crippen LogP contribution in [0.1, 0.15) is 5.56 Å². The molecule has 0 aromatic heterocycles. The zero-order valence-corrected chi connectivity index (χ0v) is 9.58. The second-order valence-electron chi connectivity index (χ2n) is 3.92. The second-order valence-corrected chi connectivity index (χ2v) is 3.92. The van der Waals surface area contributed by atoms with Gasteiger partial charge in [0.05, 0.1) is 5.69 Å². The summed E-state index contributed by atoms with van der Waals surface area (Å²) in [4.78, 5) is 0. The Bertz CT molecular complexity index is 471. The van der Waals surface area contributed by atoms with Crippen LogP contribution in [-0.2, 0) is 6.42 Å². The van der Waals surface area contributed by atoms with E-state index in [1.165, 1.54) is 5.56 Å². The maximum atomic E-state index is 9.66. The number of nitrogens with zero attached hydrogens (tertiary/aromatic N) is 1. The number of phenolic OH excluding ortho intramolecular Hbond substituents is 1. The maximum absolute atomic E-state index is 9.66. The molecule has 0 aliphatic heterocycles. The molecule has 0 heterocycles. The molecule has 3 N–H and O–H groups in total. The quantitative estimate of drug-likeness (QED) is 0.623. The van der Waals surface area contributed by atoms with Crippen LogP contribution in [0.5, 0.6) is 5.75 Å². The van der Waals surface area contributed by atoms with E-state index < -0.39 is 0 Å². The number of anilines is 1. The van der Waals surface area contributed by atoms with E-state index in [2.05, 4.69) is 12.1 Å². The van der Waals surface area contributed by atoms with Gasteiger partial charge in [-0.2, -0.15) is 0 Å². The fraction of sp³-hybridized carbons (Fsp3) is 0.143. The molecule has 0 saturated heterocycles. The highest BCUT2D eigenvalue weighted by molar-refractivity contribution is 5.56. The molecule has 0 unspecified atom stereocenters. The van der Waals surface area contributed by atoms with Crippen LogP contribution in [0.25, 0.3) is 0 Å². The zero-order chi connectivity index (χ0) is 12.1. The van der Waals surface area contributed by atoms with Crippen molar-refractivity contribution in [2.24, 2.45) is 5.84 Å². The molecular weight excluding hydrogens is 212 g/mol. The molecule has 2 aromatic carbocycles. The minimum Gasteiger partial charge on any atom is -0.506 e. The molecule has 3 nitrogen and oxygen atoms in total. The Labute approximate surface area is 101 Å². The molecule has 0 aliphatic carbocycles. The first-order chi connectivity index (χ1) is 8.27. The van der Waals surface area contributed by atoms with Gasteiger partial charge in [0.15, 0.2) is 0 Å². The summed E-state index contributed by atoms with van der Waals surface area (Å²) in [6, 6.07) is 17.2. The molecule has 0 aliphatic rings. The van der Waals surface area contributed by atoms with Gasteiger partial charge in [0.25, 0.3) is 0 Å². The maximum Gasteiger partial charge on any atom is 0.140 e. The normalized spacial score (nSPS) is 10.2. The van der Waals surface area contributed by atoms with E-state index in [4.69, 9.17) is 5.84 Å². The van der Waals surface area contributed by atoms with Crippen LogP contribution in [0.4, 0.5) is 5.69 Å². The number of hydrogen-bond donors (Lipinski definition) is 2. The van der Waals surface area contributed by atoms with Crippen molar-refractivity contribution in [3.63, 3.8) is 0 Å². The number of benzene rings is 2. The van der Waals surface area contributed by atoms with Gasteiger partial charge < -0.3 is 10.1 Å². The number of rotatable bonds is 4. The summed E-state index contributed by atoms with van der Waals surface area (Å²) in [6.45, 7) is 0.668. The summed E-state index contributed by atoms with van der Waals surface area (Å²) < 4.78 is 0. The Morgan fingerprint density at radius 3 is 2.29 bits per heavy atom. The van der Waals surface area contributed by atoms with Crippen molar-refractivity contribution in [3.8, 4) is 5.75 Å². The Hall–Kier alpha value is -2.00. The van der Waals surface area contributed by atoms with Crippen LogP contribution in [-0.4, -0.2) is 11.7 Å². The van der Waals surface area contributed by atoms with Crippen molar-refractivity contribution < 1.29 is 5.11 Å². The molecule has 88 valence electrons. The van der Waals surface area contributed by atoms with Crippen LogP contribution in [0.15, 0.2) is 54.6 Å². The SMILES string of the molecule is NN(CCc1ccccc1)c1ccccc1O. The molecular formula is C14H16N2O. The van der Waals surface area contributed by atoms with E-state index in [1.54, 1.807) is 23.2 Å². The molecule has 3 heteroatoms.